The van der Waals surface area contributed by atoms with Gasteiger partial charge in [-0.1, -0.05) is 6.07 Å². The molecule has 1 aliphatic heterocycles. The summed E-state index contributed by atoms with van der Waals surface area (Å²) in [6, 6.07) is 9.15. The minimum Gasteiger partial charge on any atom is -0.389 e. The lowest BCUT2D eigenvalue weighted by molar-refractivity contribution is 0.00589. The van der Waals surface area contributed by atoms with Crippen molar-refractivity contribution in [3.8, 4) is 5.69 Å². The third kappa shape index (κ3) is 1.89. The highest BCUT2D eigenvalue weighted by molar-refractivity contribution is 5.95. The summed E-state index contributed by atoms with van der Waals surface area (Å²) in [5.41, 5.74) is 1.47. The summed E-state index contributed by atoms with van der Waals surface area (Å²) in [5, 5.41) is 13.3. The van der Waals surface area contributed by atoms with Crippen molar-refractivity contribution >= 4 is 5.91 Å². The van der Waals surface area contributed by atoms with Gasteiger partial charge in [-0.3, -0.25) is 4.79 Å². The number of aliphatic hydroxyl groups is 1. The van der Waals surface area contributed by atoms with Crippen molar-refractivity contribution < 1.29 is 9.90 Å². The van der Waals surface area contributed by atoms with E-state index in [-0.39, 0.29) is 12.0 Å². The van der Waals surface area contributed by atoms with E-state index in [2.05, 4.69) is 5.10 Å². The molecule has 0 atom stereocenters. The Balaban J connectivity index is 1.85. The van der Waals surface area contributed by atoms with Crippen LogP contribution in [0.25, 0.3) is 5.69 Å². The third-order valence-electron chi connectivity index (χ3n) is 3.01. The fourth-order valence-corrected chi connectivity index (χ4v) is 2.01. The standard InChI is InChI=1S/C13H13N3O2/c17-12-8-15(9-12)13(18)10-3-1-4-11(7-10)16-6-2-5-14-16/h1-7,12,17H,8-9H2. The first-order valence-corrected chi connectivity index (χ1v) is 5.81. The number of carbonyl (C=O) groups excluding carboxylic acids is 1. The summed E-state index contributed by atoms with van der Waals surface area (Å²) >= 11 is 0. The molecular weight excluding hydrogens is 230 g/mol. The van der Waals surface area contributed by atoms with Crippen LogP contribution in [0.2, 0.25) is 0 Å². The van der Waals surface area contributed by atoms with Crippen LogP contribution in [0.5, 0.6) is 0 Å². The minimum atomic E-state index is -0.372. The number of likely N-dealkylation sites (tertiary alicyclic amines) is 1. The molecule has 5 heteroatoms. The summed E-state index contributed by atoms with van der Waals surface area (Å²) < 4.78 is 1.71. The van der Waals surface area contributed by atoms with Crippen LogP contribution in [-0.2, 0) is 0 Å². The number of rotatable bonds is 2. The molecule has 1 aromatic heterocycles. The van der Waals surface area contributed by atoms with Crippen LogP contribution >= 0.6 is 0 Å². The van der Waals surface area contributed by atoms with E-state index in [1.54, 1.807) is 27.9 Å². The van der Waals surface area contributed by atoms with Crippen molar-refractivity contribution in [3.05, 3.63) is 48.3 Å². The minimum absolute atomic E-state index is 0.0469. The SMILES string of the molecule is O=C(c1cccc(-n2cccn2)c1)N1CC(O)C1. The summed E-state index contributed by atoms with van der Waals surface area (Å²) in [6.45, 7) is 0.843. The van der Waals surface area contributed by atoms with Gasteiger partial charge in [-0.2, -0.15) is 5.10 Å². The molecule has 1 amide bonds. The zero-order valence-electron chi connectivity index (χ0n) is 9.73. The molecule has 2 heterocycles. The van der Waals surface area contributed by atoms with Gasteiger partial charge in [0, 0.05) is 31.0 Å². The van der Waals surface area contributed by atoms with Gasteiger partial charge >= 0.3 is 0 Å². The predicted octanol–water partition coefficient (Wildman–Crippen LogP) is 0.689. The number of aliphatic hydroxyl groups excluding tert-OH is 1. The highest BCUT2D eigenvalue weighted by atomic mass is 16.3. The van der Waals surface area contributed by atoms with E-state index >= 15 is 0 Å². The van der Waals surface area contributed by atoms with Gasteiger partial charge in [0.05, 0.1) is 11.8 Å². The number of β-amino-alcohol motifs (C(OH)–C–C–N with tert-alkyl or cyclic N) is 1. The highest BCUT2D eigenvalue weighted by Gasteiger charge is 2.29. The molecule has 5 nitrogen and oxygen atoms in total. The summed E-state index contributed by atoms with van der Waals surface area (Å²) in [6.07, 6.45) is 3.15. The maximum atomic E-state index is 12.1. The van der Waals surface area contributed by atoms with E-state index < -0.39 is 0 Å². The van der Waals surface area contributed by atoms with Gasteiger partial charge in [-0.25, -0.2) is 4.68 Å². The number of nitrogens with zero attached hydrogens (tertiary/aromatic N) is 3. The molecule has 3 rings (SSSR count). The van der Waals surface area contributed by atoms with Gasteiger partial charge in [0.1, 0.15) is 0 Å². The summed E-state index contributed by atoms with van der Waals surface area (Å²) in [7, 11) is 0. The molecule has 1 saturated heterocycles. The first kappa shape index (κ1) is 11.0. The first-order chi connectivity index (χ1) is 8.74. The van der Waals surface area contributed by atoms with Crippen LogP contribution in [0.4, 0.5) is 0 Å². The highest BCUT2D eigenvalue weighted by Crippen LogP contribution is 2.15. The molecule has 1 N–H and O–H groups in total. The van der Waals surface area contributed by atoms with Gasteiger partial charge < -0.3 is 10.0 Å². The van der Waals surface area contributed by atoms with Crippen molar-refractivity contribution in [3.63, 3.8) is 0 Å². The average molecular weight is 243 g/mol. The molecule has 2 aromatic rings. The second kappa shape index (κ2) is 4.27. The van der Waals surface area contributed by atoms with Crippen molar-refractivity contribution in [1.29, 1.82) is 0 Å². The number of benzene rings is 1. The quantitative estimate of drug-likeness (QED) is 0.844. The number of aromatic nitrogens is 2. The lowest BCUT2D eigenvalue weighted by Crippen LogP contribution is -2.53. The molecule has 0 bridgehead atoms. The fourth-order valence-electron chi connectivity index (χ4n) is 2.01. The molecule has 1 aromatic carbocycles. The zero-order valence-corrected chi connectivity index (χ0v) is 9.73. The molecule has 92 valence electrons. The molecule has 1 fully saturated rings. The van der Waals surface area contributed by atoms with Gasteiger partial charge in [0.15, 0.2) is 0 Å². The van der Waals surface area contributed by atoms with Crippen molar-refractivity contribution in [2.75, 3.05) is 13.1 Å². The maximum Gasteiger partial charge on any atom is 0.254 e. The van der Waals surface area contributed by atoms with Crippen molar-refractivity contribution in [1.82, 2.24) is 14.7 Å². The number of hydrogen-bond acceptors (Lipinski definition) is 3. The van der Waals surface area contributed by atoms with E-state index in [0.717, 1.165) is 5.69 Å². The molecule has 0 spiro atoms. The second-order valence-electron chi connectivity index (χ2n) is 4.36. The molecule has 0 radical (unpaired) electrons. The Morgan fingerprint density at radius 2 is 2.17 bits per heavy atom. The van der Waals surface area contributed by atoms with Gasteiger partial charge in [-0.05, 0) is 24.3 Å². The van der Waals surface area contributed by atoms with Gasteiger partial charge in [0.25, 0.3) is 5.91 Å². The van der Waals surface area contributed by atoms with Gasteiger partial charge in [0.2, 0.25) is 0 Å². The number of hydrogen-bond donors (Lipinski definition) is 1. The van der Waals surface area contributed by atoms with E-state index in [0.29, 0.717) is 18.7 Å². The lowest BCUT2D eigenvalue weighted by atomic mass is 10.1. The van der Waals surface area contributed by atoms with Crippen LogP contribution in [0, 0.1) is 0 Å². The number of carbonyl (C=O) groups is 1. The maximum absolute atomic E-state index is 12.1. The molecule has 0 saturated carbocycles. The van der Waals surface area contributed by atoms with Crippen molar-refractivity contribution in [2.45, 2.75) is 6.10 Å². The van der Waals surface area contributed by atoms with Crippen LogP contribution in [0.1, 0.15) is 10.4 Å². The van der Waals surface area contributed by atoms with E-state index in [4.69, 9.17) is 0 Å². The Bertz CT molecular complexity index is 559. The summed E-state index contributed by atoms with van der Waals surface area (Å²) in [4.78, 5) is 13.7. The smallest absolute Gasteiger partial charge is 0.254 e. The average Bonchev–Trinajstić information content (AvgIpc) is 2.88. The topological polar surface area (TPSA) is 58.4 Å². The van der Waals surface area contributed by atoms with E-state index in [9.17, 15) is 9.90 Å². The van der Waals surface area contributed by atoms with E-state index in [1.807, 2.05) is 24.4 Å². The van der Waals surface area contributed by atoms with Crippen molar-refractivity contribution in [2.24, 2.45) is 0 Å². The predicted molar refractivity (Wildman–Crippen MR) is 65.5 cm³/mol. The van der Waals surface area contributed by atoms with Crippen LogP contribution < -0.4 is 0 Å². The largest absolute Gasteiger partial charge is 0.389 e. The fraction of sp³-hybridized carbons (Fsp3) is 0.231. The van der Waals surface area contributed by atoms with E-state index in [1.165, 1.54) is 0 Å². The molecule has 0 unspecified atom stereocenters. The normalized spacial score (nSPS) is 15.5. The molecular formula is C13H13N3O2. The Kier molecular flexibility index (Phi) is 2.60. The Labute approximate surface area is 104 Å². The Hall–Kier alpha value is -2.14. The monoisotopic (exact) mass is 243 g/mol. The Morgan fingerprint density at radius 1 is 1.33 bits per heavy atom. The van der Waals surface area contributed by atoms with Crippen LogP contribution in [0.15, 0.2) is 42.7 Å². The Morgan fingerprint density at radius 3 is 2.83 bits per heavy atom. The zero-order chi connectivity index (χ0) is 12.5. The molecule has 0 aliphatic carbocycles. The molecule has 18 heavy (non-hydrogen) atoms. The lowest BCUT2D eigenvalue weighted by Gasteiger charge is -2.35. The summed E-state index contributed by atoms with van der Waals surface area (Å²) in [5.74, 6) is -0.0469. The number of amides is 1. The van der Waals surface area contributed by atoms with Crippen LogP contribution in [0.3, 0.4) is 0 Å². The second-order valence-corrected chi connectivity index (χ2v) is 4.36. The van der Waals surface area contributed by atoms with Crippen LogP contribution in [-0.4, -0.2) is 44.9 Å². The van der Waals surface area contributed by atoms with Gasteiger partial charge in [-0.15, -0.1) is 0 Å². The third-order valence-corrected chi connectivity index (χ3v) is 3.01. The molecule has 1 aliphatic rings. The first-order valence-electron chi connectivity index (χ1n) is 5.81.